The molecule has 110 valence electrons. The predicted octanol–water partition coefficient (Wildman–Crippen LogP) is 2.81. The zero-order valence-corrected chi connectivity index (χ0v) is 13.3. The van der Waals surface area contributed by atoms with Crippen LogP contribution in [-0.2, 0) is 0 Å². The standard InChI is InChI=1S/C13H12Cl2N4OS/c14-10-7-9(8-11(15)17-10)12(20)18-2-4-19(5-3-18)13-16-1-6-21-13/h1,6-8H,2-5H2. The normalized spacial score (nSPS) is 15.3. The second kappa shape index (κ2) is 6.17. The molecule has 2 aromatic rings. The fraction of sp³-hybridized carbons (Fsp3) is 0.308. The predicted molar refractivity (Wildman–Crippen MR) is 84.5 cm³/mol. The van der Waals surface area contributed by atoms with Gasteiger partial charge in [0, 0.05) is 43.3 Å². The van der Waals surface area contributed by atoms with Gasteiger partial charge in [0.1, 0.15) is 10.3 Å². The highest BCUT2D eigenvalue weighted by Crippen LogP contribution is 2.21. The minimum absolute atomic E-state index is 0.0695. The van der Waals surface area contributed by atoms with E-state index in [0.29, 0.717) is 18.7 Å². The number of nitrogens with zero attached hydrogens (tertiary/aromatic N) is 4. The maximum atomic E-state index is 12.4. The van der Waals surface area contributed by atoms with Crippen molar-refractivity contribution < 1.29 is 4.79 Å². The third-order valence-corrected chi connectivity index (χ3v) is 4.49. The van der Waals surface area contributed by atoms with Crippen LogP contribution in [0.3, 0.4) is 0 Å². The molecule has 3 heterocycles. The first-order valence-electron chi connectivity index (χ1n) is 6.40. The molecule has 1 saturated heterocycles. The number of aromatic nitrogens is 2. The Morgan fingerprint density at radius 1 is 1.14 bits per heavy atom. The summed E-state index contributed by atoms with van der Waals surface area (Å²) in [7, 11) is 0. The van der Waals surface area contributed by atoms with Crippen LogP contribution in [-0.4, -0.2) is 47.0 Å². The van der Waals surface area contributed by atoms with Crippen molar-refractivity contribution in [2.45, 2.75) is 0 Å². The molecule has 0 spiro atoms. The van der Waals surface area contributed by atoms with E-state index >= 15 is 0 Å². The first-order chi connectivity index (χ1) is 10.1. The lowest BCUT2D eigenvalue weighted by molar-refractivity contribution is 0.0746. The van der Waals surface area contributed by atoms with Gasteiger partial charge in [-0.05, 0) is 12.1 Å². The molecule has 0 aromatic carbocycles. The van der Waals surface area contributed by atoms with Gasteiger partial charge >= 0.3 is 0 Å². The van der Waals surface area contributed by atoms with E-state index in [4.69, 9.17) is 23.2 Å². The molecule has 1 amide bonds. The first kappa shape index (κ1) is 14.6. The van der Waals surface area contributed by atoms with E-state index in [0.717, 1.165) is 18.2 Å². The molecule has 1 aliphatic heterocycles. The largest absolute Gasteiger partial charge is 0.345 e. The summed E-state index contributed by atoms with van der Waals surface area (Å²) in [5.74, 6) is -0.0695. The van der Waals surface area contributed by atoms with Gasteiger partial charge in [-0.3, -0.25) is 4.79 Å². The average molecular weight is 343 g/mol. The molecule has 2 aromatic heterocycles. The van der Waals surface area contributed by atoms with Crippen LogP contribution < -0.4 is 4.90 Å². The van der Waals surface area contributed by atoms with Crippen LogP contribution in [0, 0.1) is 0 Å². The fourth-order valence-electron chi connectivity index (χ4n) is 2.24. The molecule has 5 nitrogen and oxygen atoms in total. The maximum absolute atomic E-state index is 12.4. The number of piperazine rings is 1. The molecule has 21 heavy (non-hydrogen) atoms. The number of anilines is 1. The Morgan fingerprint density at radius 2 is 1.81 bits per heavy atom. The van der Waals surface area contributed by atoms with Crippen LogP contribution in [0.4, 0.5) is 5.13 Å². The second-order valence-electron chi connectivity index (χ2n) is 4.60. The molecule has 1 aliphatic rings. The smallest absolute Gasteiger partial charge is 0.254 e. The van der Waals surface area contributed by atoms with Crippen LogP contribution in [0.2, 0.25) is 10.3 Å². The molecule has 3 rings (SSSR count). The van der Waals surface area contributed by atoms with E-state index in [9.17, 15) is 4.79 Å². The summed E-state index contributed by atoms with van der Waals surface area (Å²) in [6.07, 6.45) is 1.79. The lowest BCUT2D eigenvalue weighted by atomic mass is 10.2. The summed E-state index contributed by atoms with van der Waals surface area (Å²) >= 11 is 13.3. The second-order valence-corrected chi connectivity index (χ2v) is 6.24. The monoisotopic (exact) mass is 342 g/mol. The van der Waals surface area contributed by atoms with Gasteiger partial charge in [0.05, 0.1) is 0 Å². The third kappa shape index (κ3) is 3.28. The van der Waals surface area contributed by atoms with E-state index in [1.165, 1.54) is 0 Å². The third-order valence-electron chi connectivity index (χ3n) is 3.27. The van der Waals surface area contributed by atoms with Gasteiger partial charge in [0.25, 0.3) is 5.91 Å². The summed E-state index contributed by atoms with van der Waals surface area (Å²) in [6.45, 7) is 2.84. The molecule has 0 atom stereocenters. The fourth-order valence-corrected chi connectivity index (χ4v) is 3.40. The van der Waals surface area contributed by atoms with E-state index in [2.05, 4.69) is 14.9 Å². The minimum atomic E-state index is -0.0695. The van der Waals surface area contributed by atoms with Crippen molar-refractivity contribution in [1.82, 2.24) is 14.9 Å². The number of carbonyl (C=O) groups excluding carboxylic acids is 1. The van der Waals surface area contributed by atoms with Gasteiger partial charge in [0.2, 0.25) is 0 Å². The molecule has 0 unspecified atom stereocenters. The van der Waals surface area contributed by atoms with Gasteiger partial charge < -0.3 is 9.80 Å². The van der Waals surface area contributed by atoms with E-state index in [1.54, 1.807) is 34.6 Å². The number of pyridine rings is 1. The highest BCUT2D eigenvalue weighted by atomic mass is 35.5. The lowest BCUT2D eigenvalue weighted by Crippen LogP contribution is -2.48. The van der Waals surface area contributed by atoms with Gasteiger partial charge in [0.15, 0.2) is 5.13 Å². The number of hydrogen-bond acceptors (Lipinski definition) is 5. The first-order valence-corrected chi connectivity index (χ1v) is 8.04. The molecule has 1 fully saturated rings. The van der Waals surface area contributed by atoms with Crippen molar-refractivity contribution in [1.29, 1.82) is 0 Å². The molecular formula is C13H12Cl2N4OS. The average Bonchev–Trinajstić information content (AvgIpc) is 3.00. The number of amides is 1. The molecule has 0 bridgehead atoms. The summed E-state index contributed by atoms with van der Waals surface area (Å²) in [5, 5.41) is 3.41. The highest BCUT2D eigenvalue weighted by Gasteiger charge is 2.23. The van der Waals surface area contributed by atoms with Gasteiger partial charge in [-0.25, -0.2) is 9.97 Å². The Hall–Kier alpha value is -1.37. The summed E-state index contributed by atoms with van der Waals surface area (Å²) in [5.41, 5.74) is 0.475. The van der Waals surface area contributed by atoms with Crippen LogP contribution in [0.1, 0.15) is 10.4 Å². The Bertz CT molecular complexity index is 621. The van der Waals surface area contributed by atoms with E-state index in [1.807, 2.05) is 5.38 Å². The van der Waals surface area contributed by atoms with Crippen LogP contribution in [0.15, 0.2) is 23.7 Å². The van der Waals surface area contributed by atoms with Crippen molar-refractivity contribution >= 4 is 45.6 Å². The topological polar surface area (TPSA) is 49.3 Å². The highest BCUT2D eigenvalue weighted by molar-refractivity contribution is 7.13. The molecule has 0 N–H and O–H groups in total. The van der Waals surface area contributed by atoms with Crippen molar-refractivity contribution in [3.63, 3.8) is 0 Å². The zero-order valence-electron chi connectivity index (χ0n) is 11.0. The zero-order chi connectivity index (χ0) is 14.8. The van der Waals surface area contributed by atoms with E-state index in [-0.39, 0.29) is 16.2 Å². The van der Waals surface area contributed by atoms with Gasteiger partial charge in [-0.2, -0.15) is 0 Å². The number of rotatable bonds is 2. The maximum Gasteiger partial charge on any atom is 0.254 e. The quantitative estimate of drug-likeness (QED) is 0.787. The van der Waals surface area contributed by atoms with Crippen molar-refractivity contribution in [2.75, 3.05) is 31.1 Å². The van der Waals surface area contributed by atoms with Gasteiger partial charge in [-0.1, -0.05) is 23.2 Å². The Labute approximate surface area is 136 Å². The SMILES string of the molecule is O=C(c1cc(Cl)nc(Cl)c1)N1CCN(c2nccs2)CC1. The molecule has 8 heteroatoms. The molecule has 0 radical (unpaired) electrons. The number of hydrogen-bond donors (Lipinski definition) is 0. The van der Waals surface area contributed by atoms with Crippen LogP contribution in [0.5, 0.6) is 0 Å². The summed E-state index contributed by atoms with van der Waals surface area (Å²) in [4.78, 5) is 24.6. The van der Waals surface area contributed by atoms with Crippen molar-refractivity contribution in [3.05, 3.63) is 39.6 Å². The molecule has 0 saturated carbocycles. The number of halogens is 2. The number of thiazole rings is 1. The lowest BCUT2D eigenvalue weighted by Gasteiger charge is -2.34. The Kier molecular flexibility index (Phi) is 4.28. The summed E-state index contributed by atoms with van der Waals surface area (Å²) in [6, 6.07) is 3.09. The Balaban J connectivity index is 1.67. The van der Waals surface area contributed by atoms with E-state index < -0.39 is 0 Å². The van der Waals surface area contributed by atoms with Crippen molar-refractivity contribution in [2.24, 2.45) is 0 Å². The molecule has 0 aliphatic carbocycles. The Morgan fingerprint density at radius 3 is 2.38 bits per heavy atom. The molecular weight excluding hydrogens is 331 g/mol. The van der Waals surface area contributed by atoms with Crippen molar-refractivity contribution in [3.8, 4) is 0 Å². The summed E-state index contributed by atoms with van der Waals surface area (Å²) < 4.78 is 0. The van der Waals surface area contributed by atoms with Gasteiger partial charge in [-0.15, -0.1) is 11.3 Å². The minimum Gasteiger partial charge on any atom is -0.345 e. The van der Waals surface area contributed by atoms with Crippen LogP contribution in [0.25, 0.3) is 0 Å². The van der Waals surface area contributed by atoms with Crippen LogP contribution >= 0.6 is 34.5 Å². The number of carbonyl (C=O) groups is 1.